The van der Waals surface area contributed by atoms with Gasteiger partial charge in [0.15, 0.2) is 0 Å². The molecule has 1 saturated heterocycles. The van der Waals surface area contributed by atoms with Crippen molar-refractivity contribution in [1.29, 1.82) is 0 Å². The topological polar surface area (TPSA) is 41.9 Å². The van der Waals surface area contributed by atoms with Crippen molar-refractivity contribution < 1.29 is 14.6 Å². The number of halogens is 2. The highest BCUT2D eigenvalue weighted by molar-refractivity contribution is 9.10. The Balaban J connectivity index is 0.00000280. The first-order chi connectivity index (χ1) is 12.9. The van der Waals surface area contributed by atoms with Crippen LogP contribution in [0.4, 0.5) is 0 Å². The van der Waals surface area contributed by atoms with Gasteiger partial charge in [-0.15, -0.1) is 12.4 Å². The molecule has 3 unspecified atom stereocenters. The first kappa shape index (κ1) is 23.2. The predicted molar refractivity (Wildman–Crippen MR) is 119 cm³/mol. The van der Waals surface area contributed by atoms with Crippen LogP contribution in [0.25, 0.3) is 0 Å². The Morgan fingerprint density at radius 1 is 1.18 bits per heavy atom. The van der Waals surface area contributed by atoms with Crippen molar-refractivity contribution in [2.45, 2.75) is 39.0 Å². The Labute approximate surface area is 182 Å². The fourth-order valence-corrected chi connectivity index (χ4v) is 3.70. The molecule has 1 N–H and O–H groups in total. The number of morpholine rings is 1. The highest BCUT2D eigenvalue weighted by Gasteiger charge is 2.31. The summed E-state index contributed by atoms with van der Waals surface area (Å²) in [6.07, 6.45) is -0.530. The molecule has 154 valence electrons. The number of nitrogens with zero attached hydrogens (tertiary/aromatic N) is 1. The van der Waals surface area contributed by atoms with Crippen LogP contribution in [0.15, 0.2) is 46.9 Å². The molecule has 2 aromatic carbocycles. The third-order valence-corrected chi connectivity index (χ3v) is 5.78. The predicted octanol–water partition coefficient (Wildman–Crippen LogP) is 4.69. The largest absolute Gasteiger partial charge is 0.491 e. The molecule has 0 bridgehead atoms. The van der Waals surface area contributed by atoms with Crippen LogP contribution in [-0.2, 0) is 4.74 Å². The maximum absolute atomic E-state index is 10.5. The van der Waals surface area contributed by atoms with Gasteiger partial charge in [0.2, 0.25) is 0 Å². The van der Waals surface area contributed by atoms with E-state index in [9.17, 15) is 5.11 Å². The third-order valence-electron chi connectivity index (χ3n) is 5.25. The lowest BCUT2D eigenvalue weighted by atomic mass is 10.0. The van der Waals surface area contributed by atoms with Crippen molar-refractivity contribution in [2.24, 2.45) is 0 Å². The van der Waals surface area contributed by atoms with Gasteiger partial charge in [0.1, 0.15) is 18.5 Å². The van der Waals surface area contributed by atoms with Gasteiger partial charge in [0.25, 0.3) is 0 Å². The summed E-state index contributed by atoms with van der Waals surface area (Å²) >= 11 is 3.48. The fraction of sp³-hybridized carbons (Fsp3) is 0.455. The van der Waals surface area contributed by atoms with Crippen molar-refractivity contribution in [3.63, 3.8) is 0 Å². The molecule has 0 saturated carbocycles. The van der Waals surface area contributed by atoms with Gasteiger partial charge in [-0.25, -0.2) is 0 Å². The minimum Gasteiger partial charge on any atom is -0.491 e. The van der Waals surface area contributed by atoms with Crippen LogP contribution in [0.2, 0.25) is 0 Å². The van der Waals surface area contributed by atoms with E-state index >= 15 is 0 Å². The monoisotopic (exact) mass is 469 g/mol. The summed E-state index contributed by atoms with van der Waals surface area (Å²) in [7, 11) is 0. The lowest BCUT2D eigenvalue weighted by Gasteiger charge is -2.40. The molecule has 2 aromatic rings. The van der Waals surface area contributed by atoms with Gasteiger partial charge in [-0.3, -0.25) is 4.90 Å². The minimum absolute atomic E-state index is 0. The highest BCUT2D eigenvalue weighted by Crippen LogP contribution is 2.29. The Morgan fingerprint density at radius 3 is 2.57 bits per heavy atom. The lowest BCUT2D eigenvalue weighted by Crippen LogP contribution is -2.49. The number of ether oxygens (including phenoxy) is 2. The molecule has 0 amide bonds. The molecule has 0 radical (unpaired) electrons. The second-order valence-electron chi connectivity index (χ2n) is 7.29. The Hall–Kier alpha value is -1.11. The maximum atomic E-state index is 10.5. The summed E-state index contributed by atoms with van der Waals surface area (Å²) in [6.45, 7) is 8.64. The number of rotatable bonds is 6. The van der Waals surface area contributed by atoms with E-state index in [1.54, 1.807) is 0 Å². The smallest absolute Gasteiger partial charge is 0.119 e. The average molecular weight is 471 g/mol. The van der Waals surface area contributed by atoms with Crippen LogP contribution >= 0.6 is 28.3 Å². The van der Waals surface area contributed by atoms with Gasteiger partial charge >= 0.3 is 0 Å². The molecule has 3 rings (SSSR count). The zero-order chi connectivity index (χ0) is 19.4. The number of benzene rings is 2. The quantitative estimate of drug-likeness (QED) is 0.665. The third kappa shape index (κ3) is 5.94. The number of hydrogen-bond donors (Lipinski definition) is 1. The van der Waals surface area contributed by atoms with E-state index in [0.717, 1.165) is 22.3 Å². The first-order valence-electron chi connectivity index (χ1n) is 9.43. The van der Waals surface area contributed by atoms with Crippen LogP contribution in [0, 0.1) is 13.8 Å². The molecule has 28 heavy (non-hydrogen) atoms. The van der Waals surface area contributed by atoms with Crippen molar-refractivity contribution in [3.8, 4) is 5.75 Å². The fourth-order valence-electron chi connectivity index (χ4n) is 3.44. The number of hydrogen-bond acceptors (Lipinski definition) is 4. The summed E-state index contributed by atoms with van der Waals surface area (Å²) in [6, 6.07) is 14.5. The zero-order valence-corrected chi connectivity index (χ0v) is 19.0. The van der Waals surface area contributed by atoms with Crippen LogP contribution in [0.5, 0.6) is 5.75 Å². The number of aryl methyl sites for hydroxylation is 2. The second-order valence-corrected chi connectivity index (χ2v) is 8.21. The molecule has 0 spiro atoms. The Morgan fingerprint density at radius 2 is 1.89 bits per heavy atom. The van der Waals surface area contributed by atoms with Crippen molar-refractivity contribution in [3.05, 3.63) is 63.6 Å². The van der Waals surface area contributed by atoms with Crippen LogP contribution in [0.1, 0.15) is 29.7 Å². The molecule has 1 heterocycles. The average Bonchev–Trinajstić information content (AvgIpc) is 2.65. The Bertz CT molecular complexity index is 756. The minimum atomic E-state index is -0.544. The van der Waals surface area contributed by atoms with E-state index in [1.165, 1.54) is 11.1 Å². The first-order valence-corrected chi connectivity index (χ1v) is 10.2. The molecule has 6 heteroatoms. The zero-order valence-electron chi connectivity index (χ0n) is 16.6. The van der Waals surface area contributed by atoms with E-state index in [4.69, 9.17) is 9.47 Å². The van der Waals surface area contributed by atoms with E-state index in [2.05, 4.69) is 53.7 Å². The van der Waals surface area contributed by atoms with Crippen LogP contribution in [-0.4, -0.2) is 48.5 Å². The number of aliphatic hydroxyl groups is 1. The van der Waals surface area contributed by atoms with E-state index in [0.29, 0.717) is 13.2 Å². The molecular formula is C22H29BrClNO3. The van der Waals surface area contributed by atoms with E-state index in [1.807, 2.05) is 30.3 Å². The van der Waals surface area contributed by atoms with Gasteiger partial charge in [-0.05, 0) is 61.7 Å². The lowest BCUT2D eigenvalue weighted by molar-refractivity contribution is -0.0804. The second kappa shape index (κ2) is 10.6. The van der Waals surface area contributed by atoms with Gasteiger partial charge < -0.3 is 14.6 Å². The van der Waals surface area contributed by atoms with E-state index in [-0.39, 0.29) is 31.2 Å². The summed E-state index contributed by atoms with van der Waals surface area (Å²) < 4.78 is 12.9. The normalized spacial score (nSPS) is 21.0. The summed E-state index contributed by atoms with van der Waals surface area (Å²) in [4.78, 5) is 2.28. The van der Waals surface area contributed by atoms with Gasteiger partial charge in [0.05, 0.1) is 12.7 Å². The molecule has 1 fully saturated rings. The maximum Gasteiger partial charge on any atom is 0.119 e. The summed E-state index contributed by atoms with van der Waals surface area (Å²) in [5, 5.41) is 10.5. The standard InChI is InChI=1S/C22H28BrNO3.ClH/c1-15-4-9-21(12-16(15)2)27-14-20(25)13-24-10-11-26-22(17(24)3)18-5-7-19(23)8-6-18;/h4-9,12,17,20,22,25H,10-11,13-14H2,1-3H3;1H. The SMILES string of the molecule is Cc1ccc(OCC(O)CN2CCOC(c3ccc(Br)cc3)C2C)cc1C.Cl. The van der Waals surface area contributed by atoms with Gasteiger partial charge in [-0.2, -0.15) is 0 Å². The highest BCUT2D eigenvalue weighted by atomic mass is 79.9. The molecule has 1 aliphatic heterocycles. The molecule has 1 aliphatic rings. The van der Waals surface area contributed by atoms with Gasteiger partial charge in [0, 0.05) is 23.6 Å². The molecular weight excluding hydrogens is 442 g/mol. The summed E-state index contributed by atoms with van der Waals surface area (Å²) in [5.41, 5.74) is 3.60. The van der Waals surface area contributed by atoms with Crippen LogP contribution in [0.3, 0.4) is 0 Å². The van der Waals surface area contributed by atoms with Crippen molar-refractivity contribution in [2.75, 3.05) is 26.3 Å². The number of aliphatic hydroxyl groups excluding tert-OH is 1. The molecule has 3 atom stereocenters. The molecule has 4 nitrogen and oxygen atoms in total. The Kier molecular flexibility index (Phi) is 8.78. The van der Waals surface area contributed by atoms with Crippen LogP contribution < -0.4 is 4.74 Å². The van der Waals surface area contributed by atoms with Crippen molar-refractivity contribution >= 4 is 28.3 Å². The van der Waals surface area contributed by atoms with Gasteiger partial charge in [-0.1, -0.05) is 34.1 Å². The summed E-state index contributed by atoms with van der Waals surface area (Å²) in [5.74, 6) is 0.805. The molecule has 0 aromatic heterocycles. The number of β-amino-alcohol motifs (C(OH)–C–C–N with tert-alkyl or cyclic N) is 1. The van der Waals surface area contributed by atoms with Crippen molar-refractivity contribution in [1.82, 2.24) is 4.90 Å². The van der Waals surface area contributed by atoms with E-state index < -0.39 is 6.10 Å². The molecule has 0 aliphatic carbocycles.